The first-order chi connectivity index (χ1) is 21.1. The molecule has 9 nitrogen and oxygen atoms in total. The summed E-state index contributed by atoms with van der Waals surface area (Å²) in [5.74, 6) is -2.81. The van der Waals surface area contributed by atoms with E-state index in [0.29, 0.717) is 41.2 Å². The van der Waals surface area contributed by atoms with Crippen molar-refractivity contribution in [2.24, 2.45) is 5.73 Å². The Kier molecular flexibility index (Phi) is 9.35. The summed E-state index contributed by atoms with van der Waals surface area (Å²) < 4.78 is 35.5. The van der Waals surface area contributed by atoms with Gasteiger partial charge in [-0.1, -0.05) is 12.1 Å². The van der Waals surface area contributed by atoms with Crippen molar-refractivity contribution in [1.29, 1.82) is 5.26 Å². The van der Waals surface area contributed by atoms with E-state index in [4.69, 9.17) is 20.8 Å². The maximum atomic E-state index is 15.1. The van der Waals surface area contributed by atoms with Gasteiger partial charge in [0, 0.05) is 46.3 Å². The van der Waals surface area contributed by atoms with E-state index < -0.39 is 35.5 Å². The van der Waals surface area contributed by atoms with Crippen LogP contribution >= 0.6 is 11.8 Å². The van der Waals surface area contributed by atoms with Crippen molar-refractivity contribution in [3.8, 4) is 11.8 Å². The Morgan fingerprint density at radius 3 is 2.55 bits per heavy atom. The van der Waals surface area contributed by atoms with Crippen LogP contribution in [0.2, 0.25) is 0 Å². The molecule has 1 fully saturated rings. The Morgan fingerprint density at radius 2 is 1.89 bits per heavy atom. The van der Waals surface area contributed by atoms with E-state index in [1.54, 1.807) is 48.2 Å². The maximum absolute atomic E-state index is 15.1. The summed E-state index contributed by atoms with van der Waals surface area (Å²) in [6.45, 7) is 1.23. The van der Waals surface area contributed by atoms with E-state index in [2.05, 4.69) is 0 Å². The summed E-state index contributed by atoms with van der Waals surface area (Å²) in [5.41, 5.74) is 7.42. The molecule has 3 aromatic rings. The average Bonchev–Trinajstić information content (AvgIpc) is 3.33. The standard InChI is InChI=1S/C32H30F2N4O5S/c33-25-15-22(44-21-10-12-37(13-11-21)27-7-4-19(16-35)14-26(27)34)6-5-20(25)18-43-29-3-1-2-23-24(29)17-38(32(23)42)28(31(36)41)8-9-30(39)40/h1-7,14-15,21,28H,8-13,17-18H2,(H2,36,41)(H,39,40). The molecule has 0 spiro atoms. The number of benzene rings is 3. The van der Waals surface area contributed by atoms with Gasteiger partial charge >= 0.3 is 5.97 Å². The number of thioether (sulfide) groups is 1. The monoisotopic (exact) mass is 620 g/mol. The molecule has 0 aromatic heterocycles. The molecular formula is C32H30F2N4O5S. The number of carbonyl (C=O) groups is 3. The highest BCUT2D eigenvalue weighted by atomic mass is 32.2. The minimum absolute atomic E-state index is 0.0201. The van der Waals surface area contributed by atoms with Crippen molar-refractivity contribution in [3.63, 3.8) is 0 Å². The summed E-state index contributed by atoms with van der Waals surface area (Å²) in [4.78, 5) is 40.1. The van der Waals surface area contributed by atoms with Gasteiger partial charge in [-0.2, -0.15) is 5.26 Å². The second-order valence-corrected chi connectivity index (χ2v) is 12.1. The molecule has 12 heteroatoms. The second-order valence-electron chi connectivity index (χ2n) is 10.7. The number of hydrogen-bond acceptors (Lipinski definition) is 7. The van der Waals surface area contributed by atoms with Crippen molar-refractivity contribution >= 4 is 35.2 Å². The van der Waals surface area contributed by atoms with Crippen LogP contribution in [-0.2, 0) is 22.7 Å². The predicted octanol–water partition coefficient (Wildman–Crippen LogP) is 4.85. The summed E-state index contributed by atoms with van der Waals surface area (Å²) in [7, 11) is 0. The topological polar surface area (TPSA) is 137 Å². The summed E-state index contributed by atoms with van der Waals surface area (Å²) in [5, 5.41) is 18.2. The van der Waals surface area contributed by atoms with E-state index in [9.17, 15) is 18.8 Å². The number of carboxylic acid groups (broad SMARTS) is 1. The molecule has 228 valence electrons. The van der Waals surface area contributed by atoms with Crippen LogP contribution in [0.3, 0.4) is 0 Å². The van der Waals surface area contributed by atoms with E-state index in [1.165, 1.54) is 17.0 Å². The normalized spacial score (nSPS) is 15.5. The number of ether oxygens (including phenoxy) is 1. The number of nitrogens with zero attached hydrogens (tertiary/aromatic N) is 3. The molecule has 2 aliphatic heterocycles. The molecule has 5 rings (SSSR count). The molecular weight excluding hydrogens is 590 g/mol. The molecule has 2 heterocycles. The number of piperidine rings is 1. The van der Waals surface area contributed by atoms with E-state index in [0.717, 1.165) is 17.7 Å². The lowest BCUT2D eigenvalue weighted by Gasteiger charge is -2.33. The number of carbonyl (C=O) groups excluding carboxylic acids is 2. The van der Waals surface area contributed by atoms with Crippen LogP contribution in [-0.4, -0.2) is 52.2 Å². The van der Waals surface area contributed by atoms with Gasteiger partial charge in [-0.15, -0.1) is 11.8 Å². The molecule has 2 aliphatic rings. The molecule has 0 bridgehead atoms. The third-order valence-electron chi connectivity index (χ3n) is 7.86. The van der Waals surface area contributed by atoms with Crippen molar-refractivity contribution < 1.29 is 33.0 Å². The van der Waals surface area contributed by atoms with Crippen molar-refractivity contribution in [3.05, 3.63) is 88.5 Å². The minimum atomic E-state index is -1.10. The van der Waals surface area contributed by atoms with Gasteiger partial charge in [0.15, 0.2) is 0 Å². The highest BCUT2D eigenvalue weighted by molar-refractivity contribution is 8.00. The molecule has 3 N–H and O–H groups in total. The van der Waals surface area contributed by atoms with Gasteiger partial charge in [-0.25, -0.2) is 8.78 Å². The third-order valence-corrected chi connectivity index (χ3v) is 9.19. The lowest BCUT2D eigenvalue weighted by Crippen LogP contribution is -2.45. The van der Waals surface area contributed by atoms with Crippen LogP contribution in [0.25, 0.3) is 0 Å². The van der Waals surface area contributed by atoms with Gasteiger partial charge in [-0.05, 0) is 61.7 Å². The number of rotatable bonds is 11. The fraction of sp³-hybridized carbons (Fsp3) is 0.312. The number of nitriles is 1. The van der Waals surface area contributed by atoms with Gasteiger partial charge in [0.1, 0.15) is 30.0 Å². The number of aliphatic carboxylic acids is 1. The summed E-state index contributed by atoms with van der Waals surface area (Å²) in [6, 6.07) is 15.2. The first kappa shape index (κ1) is 30.8. The Morgan fingerprint density at radius 1 is 1.11 bits per heavy atom. The van der Waals surface area contributed by atoms with Crippen molar-refractivity contribution in [1.82, 2.24) is 4.90 Å². The average molecular weight is 621 g/mol. The zero-order chi connectivity index (χ0) is 31.4. The smallest absolute Gasteiger partial charge is 0.303 e. The predicted molar refractivity (Wildman–Crippen MR) is 159 cm³/mol. The molecule has 0 radical (unpaired) electrons. The highest BCUT2D eigenvalue weighted by Gasteiger charge is 2.37. The minimum Gasteiger partial charge on any atom is -0.488 e. The number of hydrogen-bond donors (Lipinski definition) is 2. The van der Waals surface area contributed by atoms with Gasteiger partial charge < -0.3 is 25.4 Å². The van der Waals surface area contributed by atoms with Crippen molar-refractivity contribution in [2.45, 2.75) is 55.0 Å². The molecule has 1 unspecified atom stereocenters. The van der Waals surface area contributed by atoms with Gasteiger partial charge in [-0.3, -0.25) is 14.4 Å². The number of halogens is 2. The lowest BCUT2D eigenvalue weighted by atomic mass is 10.1. The fourth-order valence-corrected chi connectivity index (χ4v) is 6.69. The number of nitrogens with two attached hydrogens (primary N) is 1. The number of amides is 2. The fourth-order valence-electron chi connectivity index (χ4n) is 5.54. The zero-order valence-corrected chi connectivity index (χ0v) is 24.5. The first-order valence-electron chi connectivity index (χ1n) is 14.1. The van der Waals surface area contributed by atoms with E-state index in [-0.39, 0.29) is 36.8 Å². The second kappa shape index (κ2) is 13.3. The van der Waals surface area contributed by atoms with Crippen LogP contribution in [0.5, 0.6) is 5.75 Å². The number of primary amides is 1. The van der Waals surface area contributed by atoms with Gasteiger partial charge in [0.05, 0.1) is 23.9 Å². The molecule has 1 atom stereocenters. The van der Waals surface area contributed by atoms with Crippen LogP contribution in [0.4, 0.5) is 14.5 Å². The van der Waals surface area contributed by atoms with E-state index >= 15 is 4.39 Å². The van der Waals surface area contributed by atoms with Crippen LogP contribution in [0.15, 0.2) is 59.5 Å². The molecule has 0 saturated carbocycles. The van der Waals surface area contributed by atoms with E-state index in [1.807, 2.05) is 17.0 Å². The molecule has 2 amide bonds. The van der Waals surface area contributed by atoms with Gasteiger partial charge in [0.25, 0.3) is 5.91 Å². The largest absolute Gasteiger partial charge is 0.488 e. The van der Waals surface area contributed by atoms with Crippen LogP contribution < -0.4 is 15.4 Å². The Balaban J connectivity index is 1.18. The summed E-state index contributed by atoms with van der Waals surface area (Å²) >= 11 is 1.57. The quantitative estimate of drug-likeness (QED) is 0.311. The van der Waals surface area contributed by atoms with Gasteiger partial charge in [0.2, 0.25) is 5.91 Å². The van der Waals surface area contributed by atoms with Crippen LogP contribution in [0.1, 0.15) is 52.7 Å². The SMILES string of the molecule is N#Cc1ccc(N2CCC(Sc3ccc(COc4cccc5c4CN(C(CCC(=O)O)C(N)=O)C5=O)c(F)c3)CC2)c(F)c1. The van der Waals surface area contributed by atoms with Crippen LogP contribution in [0, 0.1) is 23.0 Å². The molecule has 1 saturated heterocycles. The van der Waals surface area contributed by atoms with Crippen molar-refractivity contribution in [2.75, 3.05) is 18.0 Å². The Hall–Kier alpha value is -4.63. The number of anilines is 1. The molecule has 3 aromatic carbocycles. The number of fused-ring (bicyclic) bond motifs is 1. The zero-order valence-electron chi connectivity index (χ0n) is 23.7. The number of carboxylic acids is 1. The molecule has 0 aliphatic carbocycles. The highest BCUT2D eigenvalue weighted by Crippen LogP contribution is 2.35. The third kappa shape index (κ3) is 6.78. The Bertz CT molecular complexity index is 1640. The molecule has 44 heavy (non-hydrogen) atoms. The Labute approximate surface area is 257 Å². The summed E-state index contributed by atoms with van der Waals surface area (Å²) in [6.07, 6.45) is 1.16. The first-order valence-corrected chi connectivity index (χ1v) is 15.0. The lowest BCUT2D eigenvalue weighted by molar-refractivity contribution is -0.137. The maximum Gasteiger partial charge on any atom is 0.303 e.